The molecule has 2 rings (SSSR count). The topological polar surface area (TPSA) is 116 Å². The molecule has 1 atom stereocenters. The highest BCUT2D eigenvalue weighted by atomic mass is 16.4. The maximum Gasteiger partial charge on any atom is 0.231 e. The number of aromatic amines is 1. The van der Waals surface area contributed by atoms with Gasteiger partial charge in [0.25, 0.3) is 0 Å². The van der Waals surface area contributed by atoms with Crippen molar-refractivity contribution < 1.29 is 10.0 Å². The number of H-pyrrole nitrogens is 1. The molecule has 0 aliphatic carbocycles. The smallest absolute Gasteiger partial charge is 0.231 e. The molecule has 7 heteroatoms. The van der Waals surface area contributed by atoms with Crippen LogP contribution in [0.3, 0.4) is 0 Å². The Kier molecular flexibility index (Phi) is 4.92. The summed E-state index contributed by atoms with van der Waals surface area (Å²) in [6.45, 7) is 0.308. The van der Waals surface area contributed by atoms with Gasteiger partial charge in [0.15, 0.2) is 5.84 Å². The van der Waals surface area contributed by atoms with E-state index in [9.17, 15) is 4.79 Å². The van der Waals surface area contributed by atoms with Gasteiger partial charge in [0.2, 0.25) is 5.91 Å². The molecule has 0 bridgehead atoms. The second-order valence-electron chi connectivity index (χ2n) is 4.56. The molecule has 1 aromatic heterocycles. The summed E-state index contributed by atoms with van der Waals surface area (Å²) in [5.41, 5.74) is 7.35. The zero-order valence-corrected chi connectivity index (χ0v) is 11.4. The SMILES string of the molecule is NC(=NO)C(Cc1ccccc1)C(=O)NCc1cnc[nH]1. The van der Waals surface area contributed by atoms with E-state index in [1.54, 1.807) is 6.20 Å². The van der Waals surface area contributed by atoms with E-state index < -0.39 is 5.92 Å². The Morgan fingerprint density at radius 2 is 2.19 bits per heavy atom. The minimum atomic E-state index is -0.722. The predicted octanol–water partition coefficient (Wildman–Crippen LogP) is 0.631. The molecule has 110 valence electrons. The summed E-state index contributed by atoms with van der Waals surface area (Å²) in [7, 11) is 0. The Balaban J connectivity index is 2.03. The lowest BCUT2D eigenvalue weighted by Crippen LogP contribution is -2.40. The minimum absolute atomic E-state index is 0.110. The van der Waals surface area contributed by atoms with E-state index in [0.29, 0.717) is 13.0 Å². The summed E-state index contributed by atoms with van der Waals surface area (Å²) in [6.07, 6.45) is 3.52. The number of rotatable bonds is 6. The van der Waals surface area contributed by atoms with E-state index in [1.807, 2.05) is 30.3 Å². The van der Waals surface area contributed by atoms with Crippen molar-refractivity contribution in [1.29, 1.82) is 0 Å². The average Bonchev–Trinajstić information content (AvgIpc) is 3.04. The number of nitrogens with two attached hydrogens (primary N) is 1. The highest BCUT2D eigenvalue weighted by molar-refractivity contribution is 6.02. The molecule has 0 spiro atoms. The largest absolute Gasteiger partial charge is 0.409 e. The molecule has 0 aliphatic heterocycles. The summed E-state index contributed by atoms with van der Waals surface area (Å²) in [4.78, 5) is 19.0. The molecular formula is C14H17N5O2. The number of hydrogen-bond donors (Lipinski definition) is 4. The molecular weight excluding hydrogens is 270 g/mol. The van der Waals surface area contributed by atoms with Crippen LogP contribution in [0.25, 0.3) is 0 Å². The Labute approximate surface area is 121 Å². The zero-order valence-electron chi connectivity index (χ0n) is 11.4. The highest BCUT2D eigenvalue weighted by Crippen LogP contribution is 2.10. The first-order valence-electron chi connectivity index (χ1n) is 6.47. The molecule has 0 aliphatic rings. The number of carbonyl (C=O) groups excluding carboxylic acids is 1. The first-order valence-corrected chi connectivity index (χ1v) is 6.47. The molecule has 7 nitrogen and oxygen atoms in total. The number of amides is 1. The van der Waals surface area contributed by atoms with E-state index in [-0.39, 0.29) is 11.7 Å². The number of hydrogen-bond acceptors (Lipinski definition) is 4. The Bertz CT molecular complexity index is 595. The molecule has 2 aromatic rings. The molecule has 1 amide bonds. The van der Waals surface area contributed by atoms with Crippen LogP contribution >= 0.6 is 0 Å². The third kappa shape index (κ3) is 4.07. The van der Waals surface area contributed by atoms with Crippen molar-refractivity contribution in [2.75, 3.05) is 0 Å². The average molecular weight is 287 g/mol. The van der Waals surface area contributed by atoms with E-state index in [0.717, 1.165) is 11.3 Å². The van der Waals surface area contributed by atoms with Crippen molar-refractivity contribution in [2.24, 2.45) is 16.8 Å². The Hall–Kier alpha value is -2.83. The van der Waals surface area contributed by atoms with Crippen LogP contribution in [-0.4, -0.2) is 26.9 Å². The van der Waals surface area contributed by atoms with Crippen LogP contribution in [0, 0.1) is 5.92 Å². The molecule has 21 heavy (non-hydrogen) atoms. The van der Waals surface area contributed by atoms with Gasteiger partial charge < -0.3 is 21.2 Å². The van der Waals surface area contributed by atoms with Crippen molar-refractivity contribution in [1.82, 2.24) is 15.3 Å². The van der Waals surface area contributed by atoms with Gasteiger partial charge in [0.1, 0.15) is 5.92 Å². The van der Waals surface area contributed by atoms with Gasteiger partial charge in [-0.15, -0.1) is 0 Å². The molecule has 0 radical (unpaired) electrons. The monoisotopic (exact) mass is 287 g/mol. The van der Waals surface area contributed by atoms with Gasteiger partial charge in [-0.25, -0.2) is 4.98 Å². The van der Waals surface area contributed by atoms with E-state index >= 15 is 0 Å². The van der Waals surface area contributed by atoms with Crippen LogP contribution in [0.1, 0.15) is 11.3 Å². The Morgan fingerprint density at radius 1 is 1.43 bits per heavy atom. The van der Waals surface area contributed by atoms with Gasteiger partial charge >= 0.3 is 0 Å². The Morgan fingerprint density at radius 3 is 2.81 bits per heavy atom. The van der Waals surface area contributed by atoms with Crippen molar-refractivity contribution in [3.8, 4) is 0 Å². The van der Waals surface area contributed by atoms with Gasteiger partial charge in [-0.05, 0) is 12.0 Å². The fourth-order valence-corrected chi connectivity index (χ4v) is 1.94. The third-order valence-corrected chi connectivity index (χ3v) is 3.08. The number of imidazole rings is 1. The van der Waals surface area contributed by atoms with Gasteiger partial charge in [-0.1, -0.05) is 35.5 Å². The molecule has 5 N–H and O–H groups in total. The number of oxime groups is 1. The lowest BCUT2D eigenvalue weighted by Gasteiger charge is -2.15. The van der Waals surface area contributed by atoms with Crippen molar-refractivity contribution in [2.45, 2.75) is 13.0 Å². The number of amidine groups is 1. The van der Waals surface area contributed by atoms with Crippen LogP contribution in [0.2, 0.25) is 0 Å². The van der Waals surface area contributed by atoms with E-state index in [1.165, 1.54) is 6.33 Å². The minimum Gasteiger partial charge on any atom is -0.409 e. The summed E-state index contributed by atoms with van der Waals surface area (Å²) in [6, 6.07) is 9.42. The molecule has 1 aromatic carbocycles. The maximum absolute atomic E-state index is 12.2. The normalized spacial score (nSPS) is 12.9. The lowest BCUT2D eigenvalue weighted by molar-refractivity contribution is -0.123. The maximum atomic E-state index is 12.2. The van der Waals surface area contributed by atoms with Crippen LogP contribution in [-0.2, 0) is 17.8 Å². The van der Waals surface area contributed by atoms with Gasteiger partial charge in [0.05, 0.1) is 18.6 Å². The van der Waals surface area contributed by atoms with Crippen LogP contribution in [0.4, 0.5) is 0 Å². The number of nitrogens with zero attached hydrogens (tertiary/aromatic N) is 2. The fraction of sp³-hybridized carbons (Fsp3) is 0.214. The highest BCUT2D eigenvalue weighted by Gasteiger charge is 2.23. The predicted molar refractivity (Wildman–Crippen MR) is 77.5 cm³/mol. The zero-order chi connectivity index (χ0) is 15.1. The van der Waals surface area contributed by atoms with Crippen molar-refractivity contribution >= 4 is 11.7 Å². The summed E-state index contributed by atoms with van der Waals surface area (Å²) < 4.78 is 0. The van der Waals surface area contributed by atoms with E-state index in [4.69, 9.17) is 10.9 Å². The third-order valence-electron chi connectivity index (χ3n) is 3.08. The molecule has 0 saturated carbocycles. The van der Waals surface area contributed by atoms with E-state index in [2.05, 4.69) is 20.4 Å². The van der Waals surface area contributed by atoms with Gasteiger partial charge in [-0.3, -0.25) is 4.79 Å². The van der Waals surface area contributed by atoms with Crippen LogP contribution in [0.5, 0.6) is 0 Å². The van der Waals surface area contributed by atoms with Crippen molar-refractivity contribution in [3.05, 3.63) is 54.1 Å². The van der Waals surface area contributed by atoms with Crippen molar-refractivity contribution in [3.63, 3.8) is 0 Å². The number of carbonyl (C=O) groups is 1. The summed E-state index contributed by atoms with van der Waals surface area (Å²) in [5, 5.41) is 14.6. The van der Waals surface area contributed by atoms with Crippen LogP contribution in [0.15, 0.2) is 48.0 Å². The number of benzene rings is 1. The summed E-state index contributed by atoms with van der Waals surface area (Å²) >= 11 is 0. The number of nitrogens with one attached hydrogen (secondary N) is 2. The van der Waals surface area contributed by atoms with Gasteiger partial charge in [0, 0.05) is 6.20 Å². The second kappa shape index (κ2) is 7.09. The first-order chi connectivity index (χ1) is 10.2. The second-order valence-corrected chi connectivity index (χ2v) is 4.56. The fourth-order valence-electron chi connectivity index (χ4n) is 1.94. The van der Waals surface area contributed by atoms with Gasteiger partial charge in [-0.2, -0.15) is 0 Å². The molecule has 0 fully saturated rings. The lowest BCUT2D eigenvalue weighted by atomic mass is 9.97. The first kappa shape index (κ1) is 14.6. The van der Waals surface area contributed by atoms with Crippen LogP contribution < -0.4 is 11.1 Å². The standard InChI is InChI=1S/C14H17N5O2/c15-13(19-21)12(6-10-4-2-1-3-5-10)14(20)17-8-11-7-16-9-18-11/h1-5,7,9,12,21H,6,8H2,(H2,15,19)(H,16,18)(H,17,20). The molecule has 1 unspecified atom stereocenters. The summed E-state index contributed by atoms with van der Waals surface area (Å²) in [5.74, 6) is -1.13. The quantitative estimate of drug-likeness (QED) is 0.270. The molecule has 1 heterocycles. The number of aromatic nitrogens is 2. The molecule has 0 saturated heterocycles.